The molecular weight excluding hydrogens is 274 g/mol. The highest BCUT2D eigenvalue weighted by Crippen LogP contribution is 2.16. The molecule has 22 heavy (non-hydrogen) atoms. The topological polar surface area (TPSA) is 37.3 Å². The summed E-state index contributed by atoms with van der Waals surface area (Å²) in [5.41, 5.74) is 0. The minimum Gasteiger partial charge on any atom is -0.515 e. The van der Waals surface area contributed by atoms with Crippen LogP contribution in [-0.2, 0) is 4.79 Å². The Hall–Kier alpha value is -0.830. The fraction of sp³-hybridized carbons (Fsp3) is 0.842. The summed E-state index contributed by atoms with van der Waals surface area (Å²) in [6.45, 7) is 15.0. The second kappa shape index (κ2) is 18.2. The van der Waals surface area contributed by atoms with Crippen molar-refractivity contribution in [3.63, 3.8) is 0 Å². The number of rotatable bonds is 13. The van der Waals surface area contributed by atoms with Gasteiger partial charge in [0.2, 0.25) is 0 Å². The van der Waals surface area contributed by atoms with E-state index in [1.807, 2.05) is 0 Å². The molecule has 0 aliphatic heterocycles. The van der Waals surface area contributed by atoms with Crippen LogP contribution in [0.25, 0.3) is 0 Å². The van der Waals surface area contributed by atoms with E-state index in [0.29, 0.717) is 12.5 Å². The number of aldehydes is 1. The molecule has 0 atom stereocenters. The summed E-state index contributed by atoms with van der Waals surface area (Å²) < 4.78 is 1.42. The number of carbonyl (C=O) groups excluding carboxylic acids is 1. The maximum Gasteiger partial charge on any atom is 0.145 e. The van der Waals surface area contributed by atoms with E-state index in [4.69, 9.17) is 9.90 Å². The van der Waals surface area contributed by atoms with Gasteiger partial charge in [-0.3, -0.25) is 4.79 Å². The van der Waals surface area contributed by atoms with E-state index in [9.17, 15) is 0 Å². The highest BCUT2D eigenvalue weighted by atomic mass is 16.2. The number of quaternary nitrogens is 1. The first-order valence-corrected chi connectivity index (χ1v) is 9.25. The molecule has 3 heteroatoms. The lowest BCUT2D eigenvalue weighted by Gasteiger charge is -2.39. The van der Waals surface area contributed by atoms with Gasteiger partial charge < -0.3 is 9.59 Å². The predicted octanol–water partition coefficient (Wildman–Crippen LogP) is 5.26. The SMILES string of the molecule is CCCC[N+](CCCC)(CCCC)CCCC.O=C/C=C/O. The van der Waals surface area contributed by atoms with Crippen molar-refractivity contribution in [3.8, 4) is 0 Å². The van der Waals surface area contributed by atoms with Crippen LogP contribution in [0.15, 0.2) is 12.3 Å². The summed E-state index contributed by atoms with van der Waals surface area (Å²) in [5.74, 6) is 0. The molecule has 0 heterocycles. The number of hydrogen-bond acceptors (Lipinski definition) is 2. The molecule has 0 bridgehead atoms. The van der Waals surface area contributed by atoms with Crippen LogP contribution in [0, 0.1) is 0 Å². The summed E-state index contributed by atoms with van der Waals surface area (Å²) >= 11 is 0. The fourth-order valence-corrected chi connectivity index (χ4v) is 2.68. The van der Waals surface area contributed by atoms with Gasteiger partial charge in [-0.1, -0.05) is 53.4 Å². The van der Waals surface area contributed by atoms with Gasteiger partial charge in [0.05, 0.1) is 32.4 Å². The van der Waals surface area contributed by atoms with Crippen LogP contribution in [0.2, 0.25) is 0 Å². The van der Waals surface area contributed by atoms with Crippen molar-refractivity contribution in [1.82, 2.24) is 0 Å². The standard InChI is InChI=1S/C16H36N.C3H4O2/c1-5-9-13-17(14-10-6-2,15-11-7-3)16-12-8-4;4-2-1-3-5/h5-16H2,1-4H3;1-4H/q+1;/b;2-1+. The van der Waals surface area contributed by atoms with Gasteiger partial charge in [0, 0.05) is 6.08 Å². The smallest absolute Gasteiger partial charge is 0.145 e. The van der Waals surface area contributed by atoms with Crippen molar-refractivity contribution < 1.29 is 14.4 Å². The first-order chi connectivity index (χ1) is 10.7. The average molecular weight is 315 g/mol. The number of unbranched alkanes of at least 4 members (excludes halogenated alkanes) is 4. The number of carbonyl (C=O) groups is 1. The monoisotopic (exact) mass is 314 g/mol. The van der Waals surface area contributed by atoms with Gasteiger partial charge in [0.15, 0.2) is 0 Å². The summed E-state index contributed by atoms with van der Waals surface area (Å²) in [7, 11) is 0. The lowest BCUT2D eigenvalue weighted by atomic mass is 10.1. The maximum absolute atomic E-state index is 9.16. The number of aliphatic hydroxyl groups excluding tert-OH is 1. The number of nitrogens with zero attached hydrogens (tertiary/aromatic N) is 1. The minimum absolute atomic E-state index is 0.500. The Labute approximate surface area is 139 Å². The molecule has 0 aromatic rings. The third-order valence-corrected chi connectivity index (χ3v) is 4.11. The van der Waals surface area contributed by atoms with E-state index >= 15 is 0 Å². The van der Waals surface area contributed by atoms with Gasteiger partial charge >= 0.3 is 0 Å². The van der Waals surface area contributed by atoms with Crippen LogP contribution >= 0.6 is 0 Å². The molecule has 1 N–H and O–H groups in total. The molecule has 0 unspecified atom stereocenters. The lowest BCUT2D eigenvalue weighted by molar-refractivity contribution is -0.929. The molecule has 132 valence electrons. The Morgan fingerprint density at radius 2 is 1.05 bits per heavy atom. The maximum atomic E-state index is 9.16. The van der Waals surface area contributed by atoms with Crippen molar-refractivity contribution >= 4 is 6.29 Å². The van der Waals surface area contributed by atoms with Crippen LogP contribution < -0.4 is 0 Å². The number of allylic oxidation sites excluding steroid dienone is 1. The first kappa shape index (κ1) is 23.4. The molecule has 0 amide bonds. The van der Waals surface area contributed by atoms with Gasteiger partial charge in [-0.05, 0) is 25.7 Å². The van der Waals surface area contributed by atoms with Crippen molar-refractivity contribution in [2.75, 3.05) is 26.2 Å². The van der Waals surface area contributed by atoms with Crippen LogP contribution in [0.3, 0.4) is 0 Å². The summed E-state index contributed by atoms with van der Waals surface area (Å²) in [5, 5.41) is 7.65. The van der Waals surface area contributed by atoms with Crippen molar-refractivity contribution in [1.29, 1.82) is 0 Å². The first-order valence-electron chi connectivity index (χ1n) is 9.25. The second-order valence-corrected chi connectivity index (χ2v) is 6.13. The molecule has 0 spiro atoms. The predicted molar refractivity (Wildman–Crippen MR) is 97.2 cm³/mol. The van der Waals surface area contributed by atoms with Crippen LogP contribution in [0.5, 0.6) is 0 Å². The van der Waals surface area contributed by atoms with Gasteiger partial charge in [0.25, 0.3) is 0 Å². The van der Waals surface area contributed by atoms with E-state index in [0.717, 1.165) is 6.08 Å². The summed E-state index contributed by atoms with van der Waals surface area (Å²) in [6, 6.07) is 0. The van der Waals surface area contributed by atoms with Gasteiger partial charge in [-0.25, -0.2) is 0 Å². The molecule has 0 radical (unpaired) electrons. The number of aliphatic hydroxyl groups is 1. The Morgan fingerprint density at radius 1 is 0.727 bits per heavy atom. The Morgan fingerprint density at radius 3 is 1.18 bits per heavy atom. The van der Waals surface area contributed by atoms with E-state index in [1.54, 1.807) is 0 Å². The van der Waals surface area contributed by atoms with E-state index < -0.39 is 0 Å². The third kappa shape index (κ3) is 14.1. The van der Waals surface area contributed by atoms with E-state index in [-0.39, 0.29) is 0 Å². The number of hydrogen-bond donors (Lipinski definition) is 1. The molecule has 0 rings (SSSR count). The van der Waals surface area contributed by atoms with Crippen LogP contribution in [-0.4, -0.2) is 42.1 Å². The average Bonchev–Trinajstić information content (AvgIpc) is 2.55. The summed E-state index contributed by atoms with van der Waals surface area (Å²) in [6.07, 6.45) is 13.2. The largest absolute Gasteiger partial charge is 0.515 e. The lowest BCUT2D eigenvalue weighted by Crippen LogP contribution is -2.50. The highest BCUT2D eigenvalue weighted by Gasteiger charge is 2.24. The molecule has 3 nitrogen and oxygen atoms in total. The van der Waals surface area contributed by atoms with Crippen LogP contribution in [0.1, 0.15) is 79.1 Å². The van der Waals surface area contributed by atoms with E-state index in [2.05, 4.69) is 27.7 Å². The molecule has 0 aromatic heterocycles. The quantitative estimate of drug-likeness (QED) is 0.218. The third-order valence-electron chi connectivity index (χ3n) is 4.11. The fourth-order valence-electron chi connectivity index (χ4n) is 2.68. The van der Waals surface area contributed by atoms with Gasteiger partial charge in [-0.2, -0.15) is 0 Å². The Bertz CT molecular complexity index is 214. The molecule has 0 saturated heterocycles. The summed E-state index contributed by atoms with van der Waals surface area (Å²) in [4.78, 5) is 9.16. The molecule has 0 fully saturated rings. The second-order valence-electron chi connectivity index (χ2n) is 6.13. The van der Waals surface area contributed by atoms with Crippen molar-refractivity contribution in [2.45, 2.75) is 79.1 Å². The zero-order valence-electron chi connectivity index (χ0n) is 15.5. The molecular formula is C19H40NO2+. The zero-order valence-corrected chi connectivity index (χ0v) is 15.5. The van der Waals surface area contributed by atoms with E-state index in [1.165, 1.54) is 82.0 Å². The molecule has 0 saturated carbocycles. The zero-order chi connectivity index (χ0) is 17.1. The molecule has 0 aliphatic rings. The van der Waals surface area contributed by atoms with Crippen LogP contribution in [0.4, 0.5) is 0 Å². The normalized spacial score (nSPS) is 11.3. The van der Waals surface area contributed by atoms with Crippen molar-refractivity contribution in [3.05, 3.63) is 12.3 Å². The minimum atomic E-state index is 0.500. The van der Waals surface area contributed by atoms with Gasteiger partial charge in [0.1, 0.15) is 6.29 Å². The Kier molecular flexibility index (Phi) is 19.4. The molecule has 0 aromatic carbocycles. The van der Waals surface area contributed by atoms with Crippen molar-refractivity contribution in [2.24, 2.45) is 0 Å². The van der Waals surface area contributed by atoms with Gasteiger partial charge in [-0.15, -0.1) is 0 Å². The molecule has 0 aliphatic carbocycles. The highest BCUT2D eigenvalue weighted by molar-refractivity contribution is 5.63. The Balaban J connectivity index is 0.